The van der Waals surface area contributed by atoms with E-state index in [1.165, 1.54) is 32.2 Å². The molecule has 6 nitrogen and oxygen atoms in total. The Morgan fingerprint density at radius 3 is 2.97 bits per heavy atom. The van der Waals surface area contributed by atoms with Crippen molar-refractivity contribution in [3.63, 3.8) is 0 Å². The summed E-state index contributed by atoms with van der Waals surface area (Å²) in [6.07, 6.45) is 5.21. The Bertz CT molecular complexity index is 847. The monoisotopic (exact) mass is 413 g/mol. The van der Waals surface area contributed by atoms with Gasteiger partial charge in [0.05, 0.1) is 5.69 Å². The zero-order chi connectivity index (χ0) is 20.0. The minimum Gasteiger partial charge on any atom is -0.337 e. The van der Waals surface area contributed by atoms with Crippen LogP contribution in [0.3, 0.4) is 0 Å². The van der Waals surface area contributed by atoms with Crippen LogP contribution in [0.1, 0.15) is 36.2 Å². The van der Waals surface area contributed by atoms with Crippen molar-refractivity contribution in [2.75, 3.05) is 40.3 Å². The van der Waals surface area contributed by atoms with Gasteiger partial charge in [0.2, 0.25) is 0 Å². The van der Waals surface area contributed by atoms with E-state index >= 15 is 0 Å². The first-order chi connectivity index (χ1) is 14.1. The zero-order valence-corrected chi connectivity index (χ0v) is 18.2. The molecule has 29 heavy (non-hydrogen) atoms. The van der Waals surface area contributed by atoms with Crippen molar-refractivity contribution >= 4 is 17.2 Å². The molecule has 156 valence electrons. The third kappa shape index (κ3) is 3.64. The Balaban J connectivity index is 1.36. The molecular formula is C22H31N5OS. The van der Waals surface area contributed by atoms with Gasteiger partial charge in [0.25, 0.3) is 5.91 Å². The molecule has 1 amide bonds. The fourth-order valence-electron chi connectivity index (χ4n) is 5.86. The number of piperidine rings is 3. The zero-order valence-electron chi connectivity index (χ0n) is 17.4. The lowest BCUT2D eigenvalue weighted by Gasteiger charge is -2.57. The number of hydrogen-bond donors (Lipinski definition) is 1. The lowest BCUT2D eigenvalue weighted by Crippen LogP contribution is -2.65. The number of thiophene rings is 1. The van der Waals surface area contributed by atoms with Crippen LogP contribution in [0.4, 0.5) is 0 Å². The Morgan fingerprint density at radius 1 is 1.31 bits per heavy atom. The lowest BCUT2D eigenvalue weighted by molar-refractivity contribution is -0.0703. The van der Waals surface area contributed by atoms with E-state index in [1.54, 1.807) is 11.3 Å². The van der Waals surface area contributed by atoms with E-state index in [1.807, 2.05) is 17.5 Å². The molecule has 0 aliphatic carbocycles. The maximum atomic E-state index is 13.3. The highest BCUT2D eigenvalue weighted by Crippen LogP contribution is 2.41. The molecule has 5 rings (SSSR count). The first kappa shape index (κ1) is 19.3. The minimum absolute atomic E-state index is 0.113. The summed E-state index contributed by atoms with van der Waals surface area (Å²) < 4.78 is 0. The second-order valence-corrected chi connectivity index (χ2v) is 10.1. The number of carbonyl (C=O) groups is 1. The molecule has 2 aromatic rings. The number of likely N-dealkylation sites (N-methyl/N-ethyl adjacent to an activating group) is 1. The molecule has 1 N–H and O–H groups in total. The number of carbonyl (C=O) groups excluding carboxylic acids is 1. The Hall–Kier alpha value is -1.70. The first-order valence-electron chi connectivity index (χ1n) is 10.9. The van der Waals surface area contributed by atoms with Gasteiger partial charge in [-0.1, -0.05) is 6.42 Å². The molecule has 3 saturated heterocycles. The molecule has 7 heteroatoms. The molecule has 5 heterocycles. The molecule has 0 aromatic carbocycles. The Labute approximate surface area is 176 Å². The molecule has 2 aromatic heterocycles. The van der Waals surface area contributed by atoms with Gasteiger partial charge in [0, 0.05) is 42.7 Å². The summed E-state index contributed by atoms with van der Waals surface area (Å²) in [5.41, 5.74) is 2.55. The van der Waals surface area contributed by atoms with Crippen LogP contribution < -0.4 is 0 Å². The molecule has 3 fully saturated rings. The molecule has 4 atom stereocenters. The van der Waals surface area contributed by atoms with Gasteiger partial charge in [0.1, 0.15) is 5.69 Å². The van der Waals surface area contributed by atoms with Crippen molar-refractivity contribution < 1.29 is 4.79 Å². The number of likely N-dealkylation sites (tertiary alicyclic amines) is 1. The molecule has 2 bridgehead atoms. The van der Waals surface area contributed by atoms with Gasteiger partial charge in [0.15, 0.2) is 0 Å². The molecular weight excluding hydrogens is 382 g/mol. The molecule has 3 aliphatic rings. The van der Waals surface area contributed by atoms with Crippen molar-refractivity contribution in [2.45, 2.75) is 37.8 Å². The van der Waals surface area contributed by atoms with Gasteiger partial charge in [-0.05, 0) is 69.3 Å². The van der Waals surface area contributed by atoms with E-state index in [0.717, 1.165) is 30.9 Å². The number of fused-ring (bicyclic) bond motifs is 4. The number of amides is 1. The van der Waals surface area contributed by atoms with E-state index in [-0.39, 0.29) is 5.91 Å². The standard InChI is InChI=1S/C22H31N5OS/c1-25(2)13-21-17-9-16(20-5-3-4-7-27(20)21)11-26(12-17)22(28)19-10-18(23-24-19)15-6-8-29-14-15/h6,8,10,14,16-17,20-21H,3-5,7,9,11-13H2,1-2H3,(H,23,24)/t16-,17+,20+,21+/m1/s1. The molecule has 0 unspecified atom stereocenters. The topological polar surface area (TPSA) is 55.5 Å². The quantitative estimate of drug-likeness (QED) is 0.837. The van der Waals surface area contributed by atoms with E-state index in [0.29, 0.717) is 29.6 Å². The number of nitrogens with one attached hydrogen (secondary N) is 1. The number of H-pyrrole nitrogens is 1. The van der Waals surface area contributed by atoms with Gasteiger partial charge in [-0.3, -0.25) is 14.8 Å². The summed E-state index contributed by atoms with van der Waals surface area (Å²) in [6, 6.07) is 5.16. The van der Waals surface area contributed by atoms with Crippen molar-refractivity contribution in [3.8, 4) is 11.3 Å². The van der Waals surface area contributed by atoms with Crippen LogP contribution in [0.5, 0.6) is 0 Å². The third-order valence-corrected chi connectivity index (χ3v) is 7.77. The number of rotatable bonds is 4. The smallest absolute Gasteiger partial charge is 0.271 e. The Kier molecular flexibility index (Phi) is 5.22. The van der Waals surface area contributed by atoms with Gasteiger partial charge in [-0.2, -0.15) is 16.4 Å². The maximum absolute atomic E-state index is 13.3. The van der Waals surface area contributed by atoms with Crippen LogP contribution in [-0.2, 0) is 0 Å². The molecule has 0 radical (unpaired) electrons. The number of aromatic nitrogens is 2. The average Bonchev–Trinajstić information content (AvgIpc) is 3.42. The van der Waals surface area contributed by atoms with Crippen molar-refractivity contribution in [2.24, 2.45) is 11.8 Å². The van der Waals surface area contributed by atoms with Crippen molar-refractivity contribution in [3.05, 3.63) is 28.6 Å². The van der Waals surface area contributed by atoms with Gasteiger partial charge in [-0.25, -0.2) is 0 Å². The summed E-state index contributed by atoms with van der Waals surface area (Å²) in [4.78, 5) is 20.6. The van der Waals surface area contributed by atoms with Crippen molar-refractivity contribution in [1.82, 2.24) is 24.9 Å². The van der Waals surface area contributed by atoms with Crippen LogP contribution >= 0.6 is 11.3 Å². The summed E-state index contributed by atoms with van der Waals surface area (Å²) >= 11 is 1.65. The van der Waals surface area contributed by atoms with Crippen LogP contribution in [-0.4, -0.2) is 83.2 Å². The summed E-state index contributed by atoms with van der Waals surface area (Å²) in [5.74, 6) is 1.28. The van der Waals surface area contributed by atoms with E-state index in [2.05, 4.69) is 44.4 Å². The van der Waals surface area contributed by atoms with Gasteiger partial charge >= 0.3 is 0 Å². The number of nitrogens with zero attached hydrogens (tertiary/aromatic N) is 4. The third-order valence-electron chi connectivity index (χ3n) is 7.09. The number of aromatic amines is 1. The van der Waals surface area contributed by atoms with Crippen LogP contribution in [0.2, 0.25) is 0 Å². The molecule has 3 aliphatic heterocycles. The van der Waals surface area contributed by atoms with E-state index < -0.39 is 0 Å². The average molecular weight is 414 g/mol. The highest BCUT2D eigenvalue weighted by Gasteiger charge is 2.48. The van der Waals surface area contributed by atoms with Gasteiger partial charge < -0.3 is 9.80 Å². The van der Waals surface area contributed by atoms with Crippen LogP contribution in [0.15, 0.2) is 22.9 Å². The van der Waals surface area contributed by atoms with E-state index in [4.69, 9.17) is 0 Å². The largest absolute Gasteiger partial charge is 0.337 e. The normalized spacial score (nSPS) is 29.8. The summed E-state index contributed by atoms with van der Waals surface area (Å²) in [6.45, 7) is 4.07. The second kappa shape index (κ2) is 7.85. The first-order valence-corrected chi connectivity index (χ1v) is 11.8. The lowest BCUT2D eigenvalue weighted by atomic mass is 9.72. The molecule has 0 spiro atoms. The summed E-state index contributed by atoms with van der Waals surface area (Å²) in [5, 5.41) is 11.5. The summed E-state index contributed by atoms with van der Waals surface area (Å²) in [7, 11) is 4.35. The highest BCUT2D eigenvalue weighted by molar-refractivity contribution is 7.08. The second-order valence-electron chi connectivity index (χ2n) is 9.28. The minimum atomic E-state index is 0.113. The van der Waals surface area contributed by atoms with Crippen molar-refractivity contribution in [1.29, 1.82) is 0 Å². The highest BCUT2D eigenvalue weighted by atomic mass is 32.1. The van der Waals surface area contributed by atoms with E-state index in [9.17, 15) is 4.79 Å². The Morgan fingerprint density at radius 2 is 2.17 bits per heavy atom. The fraction of sp³-hybridized carbons (Fsp3) is 0.636. The predicted octanol–water partition coefficient (Wildman–Crippen LogP) is 3.01. The SMILES string of the molecule is CN(C)C[C@H]1[C@H]2C[C@H](CN(C(=O)c3cc(-c4ccsc4)n[nH]3)C2)[C@@H]2CCCCN21. The molecule has 0 saturated carbocycles. The van der Waals surface area contributed by atoms with Gasteiger partial charge in [-0.15, -0.1) is 0 Å². The maximum Gasteiger partial charge on any atom is 0.271 e. The number of hydrogen-bond acceptors (Lipinski definition) is 5. The van der Waals surface area contributed by atoms with Crippen LogP contribution in [0, 0.1) is 11.8 Å². The predicted molar refractivity (Wildman–Crippen MR) is 116 cm³/mol. The fourth-order valence-corrected chi connectivity index (χ4v) is 6.51. The van der Waals surface area contributed by atoms with Crippen LogP contribution in [0.25, 0.3) is 11.3 Å².